The number of amides is 3. The molecule has 0 saturated carbocycles. The molecule has 1 aromatic heterocycles. The second kappa shape index (κ2) is 8.30. The van der Waals surface area contributed by atoms with Gasteiger partial charge in [-0.05, 0) is 37.1 Å². The molecule has 0 radical (unpaired) electrons. The van der Waals surface area contributed by atoms with Gasteiger partial charge in [-0.25, -0.2) is 4.98 Å². The highest BCUT2D eigenvalue weighted by molar-refractivity contribution is 7.15. The fraction of sp³-hybridized carbons (Fsp3) is 0.400. The minimum absolute atomic E-state index is 0.0663. The second-order valence-corrected chi connectivity index (χ2v) is 8.20. The van der Waals surface area contributed by atoms with Crippen LogP contribution in [0.3, 0.4) is 0 Å². The molecule has 1 unspecified atom stereocenters. The van der Waals surface area contributed by atoms with Crippen molar-refractivity contribution in [1.82, 2.24) is 9.88 Å². The highest BCUT2D eigenvalue weighted by Crippen LogP contribution is 2.29. The normalized spacial score (nSPS) is 18.2. The average Bonchev–Trinajstić information content (AvgIpc) is 3.36. The van der Waals surface area contributed by atoms with Crippen molar-refractivity contribution < 1.29 is 19.1 Å². The first kappa shape index (κ1) is 19.5. The number of carbonyl (C=O) groups excluding carboxylic acids is 3. The number of nitrogens with one attached hydrogen (secondary N) is 2. The van der Waals surface area contributed by atoms with Crippen LogP contribution in [0.1, 0.15) is 40.7 Å². The molecule has 2 N–H and O–H groups in total. The van der Waals surface area contributed by atoms with Gasteiger partial charge in [-0.3, -0.25) is 19.7 Å². The molecule has 3 amide bonds. The largest absolute Gasteiger partial charge is 0.368 e. The average molecular weight is 414 g/mol. The zero-order valence-electron chi connectivity index (χ0n) is 16.1. The monoisotopic (exact) mass is 414 g/mol. The van der Waals surface area contributed by atoms with E-state index in [-0.39, 0.29) is 17.7 Å². The zero-order chi connectivity index (χ0) is 20.4. The van der Waals surface area contributed by atoms with Crippen molar-refractivity contribution in [1.29, 1.82) is 0 Å². The van der Waals surface area contributed by atoms with Gasteiger partial charge in [-0.2, -0.15) is 0 Å². The maximum atomic E-state index is 12.8. The van der Waals surface area contributed by atoms with E-state index in [1.165, 1.54) is 18.3 Å². The minimum Gasteiger partial charge on any atom is -0.368 e. The maximum Gasteiger partial charge on any atom is 0.255 e. The van der Waals surface area contributed by atoms with Gasteiger partial charge in [0.25, 0.3) is 11.8 Å². The predicted molar refractivity (Wildman–Crippen MR) is 109 cm³/mol. The van der Waals surface area contributed by atoms with E-state index in [0.717, 1.165) is 23.4 Å². The number of anilines is 2. The number of nitrogens with zero attached hydrogens (tertiary/aromatic N) is 2. The Morgan fingerprint density at radius 3 is 2.69 bits per heavy atom. The fourth-order valence-corrected chi connectivity index (χ4v) is 4.50. The summed E-state index contributed by atoms with van der Waals surface area (Å²) < 4.78 is 5.40. The summed E-state index contributed by atoms with van der Waals surface area (Å²) in [6.45, 7) is 3.10. The van der Waals surface area contributed by atoms with Gasteiger partial charge in [-0.15, -0.1) is 0 Å². The molecule has 1 fully saturated rings. The number of hydrogen-bond acceptors (Lipinski definition) is 6. The van der Waals surface area contributed by atoms with E-state index in [4.69, 9.17) is 4.74 Å². The standard InChI is InChI=1S/C20H22N4O4S/c1-12(25)21-14-6-4-13(5-7-14)19(27)24-9-8-15-17(11-24)29-20(22-15)23-18(26)16-3-2-10-28-16/h4-7,16H,2-3,8-11H2,1H3,(H,21,25)(H,22,23,26). The van der Waals surface area contributed by atoms with Gasteiger partial charge < -0.3 is 15.0 Å². The number of fused-ring (bicyclic) bond motifs is 1. The fourth-order valence-electron chi connectivity index (χ4n) is 3.47. The molecule has 0 aliphatic carbocycles. The van der Waals surface area contributed by atoms with Crippen LogP contribution in [0.15, 0.2) is 24.3 Å². The van der Waals surface area contributed by atoms with Crippen molar-refractivity contribution in [2.75, 3.05) is 23.8 Å². The number of aromatic nitrogens is 1. The van der Waals surface area contributed by atoms with Gasteiger partial charge >= 0.3 is 0 Å². The smallest absolute Gasteiger partial charge is 0.255 e. The summed E-state index contributed by atoms with van der Waals surface area (Å²) in [6.07, 6.45) is 1.89. The molecule has 9 heteroatoms. The molecule has 1 saturated heterocycles. The molecule has 1 atom stereocenters. The highest BCUT2D eigenvalue weighted by Gasteiger charge is 2.27. The lowest BCUT2D eigenvalue weighted by Crippen LogP contribution is -2.35. The summed E-state index contributed by atoms with van der Waals surface area (Å²) in [4.78, 5) is 43.5. The first-order valence-corrected chi connectivity index (χ1v) is 10.4. The Labute approximate surface area is 172 Å². The van der Waals surface area contributed by atoms with Gasteiger partial charge in [0.2, 0.25) is 5.91 Å². The summed E-state index contributed by atoms with van der Waals surface area (Å²) in [5.74, 6) is -0.371. The van der Waals surface area contributed by atoms with E-state index < -0.39 is 6.10 Å². The van der Waals surface area contributed by atoms with Crippen molar-refractivity contribution in [3.8, 4) is 0 Å². The summed E-state index contributed by atoms with van der Waals surface area (Å²) in [6, 6.07) is 6.86. The van der Waals surface area contributed by atoms with E-state index in [1.54, 1.807) is 29.2 Å². The lowest BCUT2D eigenvalue weighted by Gasteiger charge is -2.26. The number of carbonyl (C=O) groups is 3. The van der Waals surface area contributed by atoms with Crippen LogP contribution in [0.5, 0.6) is 0 Å². The van der Waals surface area contributed by atoms with E-state index in [9.17, 15) is 14.4 Å². The molecular formula is C20H22N4O4S. The van der Waals surface area contributed by atoms with Crippen molar-refractivity contribution in [3.63, 3.8) is 0 Å². The number of thiazole rings is 1. The van der Waals surface area contributed by atoms with Crippen molar-refractivity contribution in [2.24, 2.45) is 0 Å². The van der Waals surface area contributed by atoms with E-state index in [2.05, 4.69) is 15.6 Å². The topological polar surface area (TPSA) is 101 Å². The van der Waals surface area contributed by atoms with E-state index in [0.29, 0.717) is 42.5 Å². The third kappa shape index (κ3) is 4.46. The number of rotatable bonds is 4. The number of ether oxygens (including phenoxy) is 1. The van der Waals surface area contributed by atoms with E-state index >= 15 is 0 Å². The Kier molecular flexibility index (Phi) is 5.59. The third-order valence-corrected chi connectivity index (χ3v) is 5.92. The second-order valence-electron chi connectivity index (χ2n) is 7.12. The van der Waals surface area contributed by atoms with E-state index in [1.807, 2.05) is 0 Å². The zero-order valence-corrected chi connectivity index (χ0v) is 16.9. The molecule has 3 heterocycles. The molecule has 0 spiro atoms. The van der Waals surface area contributed by atoms with Crippen molar-refractivity contribution in [2.45, 2.75) is 38.8 Å². The van der Waals surface area contributed by atoms with Crippen LogP contribution in [0.4, 0.5) is 10.8 Å². The first-order valence-electron chi connectivity index (χ1n) is 9.57. The van der Waals surface area contributed by atoms with Crippen molar-refractivity contribution >= 4 is 39.9 Å². The SMILES string of the molecule is CC(=O)Nc1ccc(C(=O)N2CCc3nc(NC(=O)C4CCCO4)sc3C2)cc1. The Balaban J connectivity index is 1.40. The lowest BCUT2D eigenvalue weighted by atomic mass is 10.1. The van der Waals surface area contributed by atoms with Gasteiger partial charge in [0.05, 0.1) is 12.2 Å². The van der Waals surface area contributed by atoms with Crippen LogP contribution < -0.4 is 10.6 Å². The molecule has 2 aromatic rings. The van der Waals surface area contributed by atoms with Crippen LogP contribution in [0.2, 0.25) is 0 Å². The number of hydrogen-bond donors (Lipinski definition) is 2. The van der Waals surface area contributed by atoms with Crippen LogP contribution >= 0.6 is 11.3 Å². The lowest BCUT2D eigenvalue weighted by molar-refractivity contribution is -0.124. The van der Waals surface area contributed by atoms with Gasteiger partial charge in [0, 0.05) is 42.6 Å². The molecule has 152 valence electrons. The quantitative estimate of drug-likeness (QED) is 0.800. The highest BCUT2D eigenvalue weighted by atomic mass is 32.1. The number of benzene rings is 1. The molecule has 8 nitrogen and oxygen atoms in total. The molecule has 2 aliphatic heterocycles. The Morgan fingerprint density at radius 2 is 2.00 bits per heavy atom. The maximum absolute atomic E-state index is 12.8. The van der Waals surface area contributed by atoms with Crippen LogP contribution in [0, 0.1) is 0 Å². The van der Waals surface area contributed by atoms with Gasteiger partial charge in [-0.1, -0.05) is 11.3 Å². The molecule has 1 aromatic carbocycles. The van der Waals surface area contributed by atoms with Crippen LogP contribution in [0.25, 0.3) is 0 Å². The summed E-state index contributed by atoms with van der Waals surface area (Å²) in [5.41, 5.74) is 2.16. The van der Waals surface area contributed by atoms with Crippen LogP contribution in [-0.4, -0.2) is 46.9 Å². The van der Waals surface area contributed by atoms with Crippen molar-refractivity contribution in [3.05, 3.63) is 40.4 Å². The Bertz CT molecular complexity index is 934. The predicted octanol–water partition coefficient (Wildman–Crippen LogP) is 2.42. The summed E-state index contributed by atoms with van der Waals surface area (Å²) in [5, 5.41) is 6.09. The summed E-state index contributed by atoms with van der Waals surface area (Å²) >= 11 is 1.41. The van der Waals surface area contributed by atoms with Crippen LogP contribution in [-0.2, 0) is 27.3 Å². The summed E-state index contributed by atoms with van der Waals surface area (Å²) in [7, 11) is 0. The molecular weight excluding hydrogens is 392 g/mol. The Morgan fingerprint density at radius 1 is 1.21 bits per heavy atom. The first-order chi connectivity index (χ1) is 14.0. The van der Waals surface area contributed by atoms with Gasteiger partial charge in [0.1, 0.15) is 6.10 Å². The third-order valence-electron chi connectivity index (χ3n) is 4.92. The molecule has 4 rings (SSSR count). The molecule has 29 heavy (non-hydrogen) atoms. The molecule has 0 bridgehead atoms. The van der Waals surface area contributed by atoms with Gasteiger partial charge in [0.15, 0.2) is 5.13 Å². The minimum atomic E-state index is -0.394. The Hall–Kier alpha value is -2.78. The molecule has 2 aliphatic rings.